The van der Waals surface area contributed by atoms with Crippen molar-refractivity contribution in [1.82, 2.24) is 0 Å². The first kappa shape index (κ1) is 7.71. The number of thioether (sulfide) groups is 1. The van der Waals surface area contributed by atoms with Gasteiger partial charge in [-0.2, -0.15) is 11.8 Å². The predicted octanol–water partition coefficient (Wildman–Crippen LogP) is 1.91. The molecule has 3 heteroatoms. The fourth-order valence-electron chi connectivity index (χ4n) is 0.130. The molecule has 0 aromatic carbocycles. The van der Waals surface area contributed by atoms with E-state index in [0.29, 0.717) is 0 Å². The number of rotatable bonds is 2. The van der Waals surface area contributed by atoms with Crippen LogP contribution in [0.5, 0.6) is 0 Å². The van der Waals surface area contributed by atoms with Gasteiger partial charge < -0.3 is 0 Å². The molecule has 0 bridgehead atoms. The molecular weight excluding hydrogens is 130 g/mol. The summed E-state index contributed by atoms with van der Waals surface area (Å²) in [5, 5.41) is 0.116. The van der Waals surface area contributed by atoms with Crippen molar-refractivity contribution in [3.05, 3.63) is 0 Å². The second kappa shape index (κ2) is 3.68. The summed E-state index contributed by atoms with van der Waals surface area (Å²) in [6, 6.07) is 0. The average Bonchev–Trinajstić information content (AvgIpc) is 1.65. The van der Waals surface area contributed by atoms with Gasteiger partial charge in [0, 0.05) is 5.25 Å². The van der Waals surface area contributed by atoms with Crippen LogP contribution in [0.1, 0.15) is 6.92 Å². The SMILES string of the molecule is CSC(C)C(F)P. The minimum absolute atomic E-state index is 0.116. The molecule has 0 radical (unpaired) electrons. The standard InChI is InChI=1S/C4H10FPS/c1-3(7-2)4(5)6/h3-4H,6H2,1-2H3. The van der Waals surface area contributed by atoms with Crippen LogP contribution in [0.2, 0.25) is 0 Å². The van der Waals surface area contributed by atoms with Crippen molar-refractivity contribution >= 4 is 21.0 Å². The summed E-state index contributed by atoms with van der Waals surface area (Å²) in [6.07, 6.45) is 1.90. The lowest BCUT2D eigenvalue weighted by Gasteiger charge is -2.06. The number of hydrogen-bond acceptors (Lipinski definition) is 1. The monoisotopic (exact) mass is 140 g/mol. The summed E-state index contributed by atoms with van der Waals surface area (Å²) in [6.45, 7) is 1.86. The summed E-state index contributed by atoms with van der Waals surface area (Å²) in [7, 11) is 2.13. The molecule has 0 aromatic heterocycles. The van der Waals surface area contributed by atoms with Crippen LogP contribution < -0.4 is 0 Å². The molecule has 0 rings (SSSR count). The molecule has 44 valence electrons. The molecule has 3 unspecified atom stereocenters. The summed E-state index contributed by atoms with van der Waals surface area (Å²) < 4.78 is 12.0. The third-order valence-corrected chi connectivity index (χ3v) is 2.68. The lowest BCUT2D eigenvalue weighted by atomic mass is 10.5. The Balaban J connectivity index is 3.14. The topological polar surface area (TPSA) is 0 Å². The van der Waals surface area contributed by atoms with E-state index in [-0.39, 0.29) is 5.25 Å². The van der Waals surface area contributed by atoms with Crippen molar-refractivity contribution in [3.8, 4) is 0 Å². The van der Waals surface area contributed by atoms with Crippen molar-refractivity contribution in [1.29, 1.82) is 0 Å². The van der Waals surface area contributed by atoms with Crippen LogP contribution in [0.15, 0.2) is 0 Å². The van der Waals surface area contributed by atoms with E-state index in [9.17, 15) is 4.39 Å². The summed E-state index contributed by atoms with van der Waals surface area (Å²) in [4.78, 5) is 0. The summed E-state index contributed by atoms with van der Waals surface area (Å²) >= 11 is 1.54. The van der Waals surface area contributed by atoms with Crippen LogP contribution in [-0.2, 0) is 0 Å². The molecule has 0 aliphatic rings. The largest absolute Gasteiger partial charge is 0.242 e. The maximum absolute atomic E-state index is 12.0. The highest BCUT2D eigenvalue weighted by atomic mass is 32.2. The van der Waals surface area contributed by atoms with Crippen molar-refractivity contribution < 1.29 is 4.39 Å². The molecule has 0 nitrogen and oxygen atoms in total. The van der Waals surface area contributed by atoms with Gasteiger partial charge in [-0.05, 0) is 6.26 Å². The Kier molecular flexibility index (Phi) is 4.05. The van der Waals surface area contributed by atoms with Crippen LogP contribution in [0.3, 0.4) is 0 Å². The molecule has 3 atom stereocenters. The van der Waals surface area contributed by atoms with E-state index < -0.39 is 5.91 Å². The second-order valence-electron chi connectivity index (χ2n) is 1.39. The normalized spacial score (nSPS) is 18.9. The minimum Gasteiger partial charge on any atom is -0.242 e. The van der Waals surface area contributed by atoms with Crippen molar-refractivity contribution in [2.24, 2.45) is 0 Å². The van der Waals surface area contributed by atoms with E-state index >= 15 is 0 Å². The zero-order valence-corrected chi connectivity index (χ0v) is 6.49. The maximum Gasteiger partial charge on any atom is 0.125 e. The zero-order valence-electron chi connectivity index (χ0n) is 4.52. The molecule has 0 aliphatic heterocycles. The molecule has 7 heavy (non-hydrogen) atoms. The second-order valence-corrected chi connectivity index (χ2v) is 3.24. The van der Waals surface area contributed by atoms with Crippen LogP contribution in [-0.4, -0.2) is 17.4 Å². The van der Waals surface area contributed by atoms with Gasteiger partial charge in [-0.15, -0.1) is 0 Å². The number of hydrogen-bond donors (Lipinski definition) is 0. The van der Waals surface area contributed by atoms with E-state index in [1.165, 1.54) is 11.8 Å². The Morgan fingerprint density at radius 2 is 2.14 bits per heavy atom. The highest BCUT2D eigenvalue weighted by molar-refractivity contribution is 7.99. The lowest BCUT2D eigenvalue weighted by Crippen LogP contribution is -2.04. The Hall–Kier alpha value is 0.710. The van der Waals surface area contributed by atoms with Gasteiger partial charge in [0.2, 0.25) is 0 Å². The van der Waals surface area contributed by atoms with Gasteiger partial charge in [0.05, 0.1) is 0 Å². The maximum atomic E-state index is 12.0. The van der Waals surface area contributed by atoms with Gasteiger partial charge in [0.1, 0.15) is 5.91 Å². The van der Waals surface area contributed by atoms with Gasteiger partial charge >= 0.3 is 0 Å². The highest BCUT2D eigenvalue weighted by Gasteiger charge is 2.06. The van der Waals surface area contributed by atoms with Crippen molar-refractivity contribution in [2.45, 2.75) is 18.1 Å². The third kappa shape index (κ3) is 3.31. The van der Waals surface area contributed by atoms with Gasteiger partial charge in [-0.1, -0.05) is 16.2 Å². The fraction of sp³-hybridized carbons (Fsp3) is 1.00. The van der Waals surface area contributed by atoms with Gasteiger partial charge in [-0.3, -0.25) is 0 Å². The highest BCUT2D eigenvalue weighted by Crippen LogP contribution is 2.17. The molecule has 0 saturated carbocycles. The minimum atomic E-state index is -0.755. The molecule has 0 spiro atoms. The number of alkyl halides is 1. The van der Waals surface area contributed by atoms with E-state index in [1.54, 1.807) is 0 Å². The van der Waals surface area contributed by atoms with Crippen molar-refractivity contribution in [3.63, 3.8) is 0 Å². The first-order chi connectivity index (χ1) is 3.18. The van der Waals surface area contributed by atoms with Crippen molar-refractivity contribution in [2.75, 3.05) is 6.26 Å². The Morgan fingerprint density at radius 1 is 1.71 bits per heavy atom. The van der Waals surface area contributed by atoms with E-state index in [0.717, 1.165) is 0 Å². The Labute approximate surface area is 50.5 Å². The van der Waals surface area contributed by atoms with Gasteiger partial charge in [0.15, 0.2) is 0 Å². The van der Waals surface area contributed by atoms with Gasteiger partial charge in [0.25, 0.3) is 0 Å². The van der Waals surface area contributed by atoms with Gasteiger partial charge in [-0.25, -0.2) is 4.39 Å². The van der Waals surface area contributed by atoms with Crippen LogP contribution in [0.25, 0.3) is 0 Å². The molecule has 0 N–H and O–H groups in total. The molecule has 0 saturated heterocycles. The Bertz CT molecular complexity index is 49.0. The smallest absolute Gasteiger partial charge is 0.125 e. The molecule has 0 amide bonds. The molecular formula is C4H10FPS. The first-order valence-electron chi connectivity index (χ1n) is 2.11. The Morgan fingerprint density at radius 3 is 2.14 bits per heavy atom. The first-order valence-corrected chi connectivity index (χ1v) is 4.06. The van der Waals surface area contributed by atoms with Crippen LogP contribution in [0.4, 0.5) is 4.39 Å². The quantitative estimate of drug-likeness (QED) is 0.528. The van der Waals surface area contributed by atoms with E-state index in [4.69, 9.17) is 0 Å². The molecule has 0 aliphatic carbocycles. The summed E-state index contributed by atoms with van der Waals surface area (Å²) in [5.41, 5.74) is 0. The fourth-order valence-corrected chi connectivity index (χ4v) is 0.861. The lowest BCUT2D eigenvalue weighted by molar-refractivity contribution is 0.450. The molecule has 0 heterocycles. The average molecular weight is 140 g/mol. The van der Waals surface area contributed by atoms with Crippen LogP contribution >= 0.6 is 21.0 Å². The molecule has 0 aromatic rings. The third-order valence-electron chi connectivity index (χ3n) is 0.820. The number of halogens is 1. The zero-order chi connectivity index (χ0) is 5.86. The van der Waals surface area contributed by atoms with Crippen LogP contribution in [0, 0.1) is 0 Å². The van der Waals surface area contributed by atoms with E-state index in [2.05, 4.69) is 9.24 Å². The predicted molar refractivity (Wildman–Crippen MR) is 37.6 cm³/mol. The summed E-state index contributed by atoms with van der Waals surface area (Å²) in [5.74, 6) is -0.755. The van der Waals surface area contributed by atoms with E-state index in [1.807, 2.05) is 13.2 Å². The molecule has 0 fully saturated rings.